The SMILES string of the molecule is O=C1NC(=NS(=O)(=O)c2ccsc2C(=O)O)S/C1=C\c1ccc2ncccc2c1. The summed E-state index contributed by atoms with van der Waals surface area (Å²) in [4.78, 5) is 27.2. The van der Waals surface area contributed by atoms with Crippen molar-refractivity contribution in [3.8, 4) is 0 Å². The number of carboxylic acid groups (broad SMARTS) is 1. The molecule has 0 aliphatic carbocycles. The van der Waals surface area contributed by atoms with Crippen LogP contribution in [0.15, 0.2) is 62.2 Å². The molecule has 2 aromatic heterocycles. The molecule has 3 heterocycles. The van der Waals surface area contributed by atoms with Gasteiger partial charge in [-0.3, -0.25) is 15.1 Å². The number of carboxylic acids is 1. The lowest BCUT2D eigenvalue weighted by Gasteiger charge is -1.99. The van der Waals surface area contributed by atoms with E-state index in [1.54, 1.807) is 18.3 Å². The fourth-order valence-corrected chi connectivity index (χ4v) is 5.85. The molecule has 1 saturated heterocycles. The molecule has 4 rings (SSSR count). The number of thioether (sulfide) groups is 1. The second-order valence-corrected chi connectivity index (χ2v) is 9.33. The molecule has 1 aliphatic rings. The number of hydrogen-bond acceptors (Lipinski definition) is 7. The average molecular weight is 446 g/mol. The summed E-state index contributed by atoms with van der Waals surface area (Å²) >= 11 is 1.66. The fraction of sp³-hybridized carbons (Fsp3) is 0. The summed E-state index contributed by atoms with van der Waals surface area (Å²) < 4.78 is 28.5. The summed E-state index contributed by atoms with van der Waals surface area (Å²) in [6.45, 7) is 0. The van der Waals surface area contributed by atoms with Gasteiger partial charge in [0.2, 0.25) is 0 Å². The highest BCUT2D eigenvalue weighted by Gasteiger charge is 2.29. The zero-order valence-corrected chi connectivity index (χ0v) is 16.8. The maximum atomic E-state index is 12.5. The summed E-state index contributed by atoms with van der Waals surface area (Å²) in [5.41, 5.74) is 1.56. The van der Waals surface area contributed by atoms with Gasteiger partial charge in [0.05, 0.1) is 10.4 Å². The highest BCUT2D eigenvalue weighted by Crippen LogP contribution is 2.30. The van der Waals surface area contributed by atoms with Crippen molar-refractivity contribution in [3.63, 3.8) is 0 Å². The van der Waals surface area contributed by atoms with E-state index >= 15 is 0 Å². The van der Waals surface area contributed by atoms with Gasteiger partial charge in [0, 0.05) is 11.6 Å². The summed E-state index contributed by atoms with van der Waals surface area (Å²) in [6.07, 6.45) is 3.31. The number of aromatic nitrogens is 1. The van der Waals surface area contributed by atoms with Crippen LogP contribution in [0.3, 0.4) is 0 Å². The zero-order valence-electron chi connectivity index (χ0n) is 14.4. The van der Waals surface area contributed by atoms with Crippen LogP contribution in [-0.2, 0) is 14.8 Å². The first-order valence-electron chi connectivity index (χ1n) is 8.05. The van der Waals surface area contributed by atoms with Gasteiger partial charge in [0.25, 0.3) is 15.9 Å². The number of nitrogens with zero attached hydrogens (tertiary/aromatic N) is 2. The van der Waals surface area contributed by atoms with Crippen molar-refractivity contribution in [1.82, 2.24) is 10.3 Å². The molecule has 11 heteroatoms. The molecule has 29 heavy (non-hydrogen) atoms. The van der Waals surface area contributed by atoms with Crippen molar-refractivity contribution < 1.29 is 23.1 Å². The summed E-state index contributed by atoms with van der Waals surface area (Å²) in [6, 6.07) is 10.4. The molecule has 1 aliphatic heterocycles. The largest absolute Gasteiger partial charge is 0.477 e. The lowest BCUT2D eigenvalue weighted by atomic mass is 10.1. The second kappa shape index (κ2) is 7.43. The molecule has 1 aromatic carbocycles. The number of hydrogen-bond donors (Lipinski definition) is 2. The number of carbonyl (C=O) groups is 2. The highest BCUT2D eigenvalue weighted by atomic mass is 32.2. The van der Waals surface area contributed by atoms with Crippen LogP contribution in [0.4, 0.5) is 0 Å². The fourth-order valence-electron chi connectivity index (χ4n) is 2.62. The molecule has 0 bridgehead atoms. The topological polar surface area (TPSA) is 126 Å². The molecule has 3 aromatic rings. The smallest absolute Gasteiger partial charge is 0.347 e. The number of thiophene rings is 1. The number of amidine groups is 1. The number of benzene rings is 1. The van der Waals surface area contributed by atoms with Crippen molar-refractivity contribution in [2.24, 2.45) is 4.40 Å². The summed E-state index contributed by atoms with van der Waals surface area (Å²) in [5.74, 6) is -1.84. The van der Waals surface area contributed by atoms with E-state index in [0.29, 0.717) is 0 Å². The third-order valence-electron chi connectivity index (χ3n) is 3.88. The van der Waals surface area contributed by atoms with E-state index in [-0.39, 0.29) is 14.9 Å². The molecule has 0 radical (unpaired) electrons. The average Bonchev–Trinajstić information content (AvgIpc) is 3.29. The van der Waals surface area contributed by atoms with Crippen LogP contribution < -0.4 is 5.32 Å². The van der Waals surface area contributed by atoms with Gasteiger partial charge in [0.1, 0.15) is 9.77 Å². The van der Waals surface area contributed by atoms with Crippen molar-refractivity contribution >= 4 is 67.1 Å². The van der Waals surface area contributed by atoms with Crippen LogP contribution in [0.5, 0.6) is 0 Å². The molecular weight excluding hydrogens is 434 g/mol. The molecular formula is C18H11N3O5S3. The molecule has 0 spiro atoms. The molecule has 1 amide bonds. The Balaban J connectivity index is 1.63. The molecule has 8 nitrogen and oxygen atoms in total. The number of carbonyl (C=O) groups excluding carboxylic acids is 1. The molecule has 2 N–H and O–H groups in total. The minimum absolute atomic E-state index is 0.133. The van der Waals surface area contributed by atoms with Crippen molar-refractivity contribution in [3.05, 3.63) is 63.3 Å². The molecule has 146 valence electrons. The van der Waals surface area contributed by atoms with E-state index in [4.69, 9.17) is 5.11 Å². The maximum Gasteiger partial charge on any atom is 0.347 e. The lowest BCUT2D eigenvalue weighted by molar-refractivity contribution is -0.115. The number of aromatic carboxylic acids is 1. The Morgan fingerprint density at radius 3 is 2.86 bits per heavy atom. The van der Waals surface area contributed by atoms with Crippen LogP contribution in [-0.4, -0.2) is 35.6 Å². The predicted molar refractivity (Wildman–Crippen MR) is 111 cm³/mol. The summed E-state index contributed by atoms with van der Waals surface area (Å²) in [7, 11) is -4.28. The molecule has 0 unspecified atom stereocenters. The number of sulfonamides is 1. The van der Waals surface area contributed by atoms with E-state index in [0.717, 1.165) is 39.6 Å². The quantitative estimate of drug-likeness (QED) is 0.591. The molecule has 1 fully saturated rings. The first kappa shape index (κ1) is 19.3. The first-order chi connectivity index (χ1) is 13.8. The van der Waals surface area contributed by atoms with Crippen molar-refractivity contribution in [1.29, 1.82) is 0 Å². The Hall–Kier alpha value is -3.02. The van der Waals surface area contributed by atoms with E-state index in [2.05, 4.69) is 14.7 Å². The Morgan fingerprint density at radius 1 is 1.24 bits per heavy atom. The van der Waals surface area contributed by atoms with Crippen LogP contribution in [0.25, 0.3) is 17.0 Å². The Bertz CT molecular complexity index is 1330. The Morgan fingerprint density at radius 2 is 2.07 bits per heavy atom. The first-order valence-corrected chi connectivity index (χ1v) is 11.2. The summed E-state index contributed by atoms with van der Waals surface area (Å²) in [5, 5.41) is 13.6. The highest BCUT2D eigenvalue weighted by molar-refractivity contribution is 8.19. The predicted octanol–water partition coefficient (Wildman–Crippen LogP) is 2.94. The number of nitrogens with one attached hydrogen (secondary N) is 1. The van der Waals surface area contributed by atoms with E-state index in [1.807, 2.05) is 24.3 Å². The van der Waals surface area contributed by atoms with Crippen molar-refractivity contribution in [2.75, 3.05) is 0 Å². The number of amides is 1. The standard InChI is InChI=1S/C18H11N3O5S3/c22-16-13(9-10-3-4-12-11(8-10)2-1-6-19-12)28-18(20-16)21-29(25,26)14-5-7-27-15(14)17(23)24/h1-9H,(H,23,24)(H,20,21,22)/b13-9-. The molecule has 0 atom stereocenters. The third-order valence-corrected chi connectivity index (χ3v) is 7.26. The number of fused-ring (bicyclic) bond motifs is 1. The van der Waals surface area contributed by atoms with Gasteiger partial charge in [-0.1, -0.05) is 12.1 Å². The second-order valence-electron chi connectivity index (χ2n) is 5.81. The van der Waals surface area contributed by atoms with E-state index < -0.39 is 26.8 Å². The Kier molecular flexibility index (Phi) is 4.94. The van der Waals surface area contributed by atoms with Gasteiger partial charge in [-0.15, -0.1) is 15.7 Å². The number of pyridine rings is 1. The van der Waals surface area contributed by atoms with Crippen LogP contribution in [0.2, 0.25) is 0 Å². The number of rotatable bonds is 4. The van der Waals surface area contributed by atoms with Gasteiger partial charge in [-0.25, -0.2) is 4.79 Å². The monoisotopic (exact) mass is 445 g/mol. The lowest BCUT2D eigenvalue weighted by Crippen LogP contribution is -2.21. The van der Waals surface area contributed by atoms with Gasteiger partial charge in [0.15, 0.2) is 5.17 Å². The van der Waals surface area contributed by atoms with Crippen LogP contribution >= 0.6 is 23.1 Å². The van der Waals surface area contributed by atoms with Gasteiger partial charge in [-0.2, -0.15) is 8.42 Å². The van der Waals surface area contributed by atoms with Gasteiger partial charge < -0.3 is 5.11 Å². The third kappa shape index (κ3) is 3.92. The van der Waals surface area contributed by atoms with E-state index in [1.165, 1.54) is 11.4 Å². The van der Waals surface area contributed by atoms with Crippen LogP contribution in [0.1, 0.15) is 15.2 Å². The molecule has 0 saturated carbocycles. The minimum Gasteiger partial charge on any atom is -0.477 e. The van der Waals surface area contributed by atoms with E-state index in [9.17, 15) is 18.0 Å². The van der Waals surface area contributed by atoms with Gasteiger partial charge >= 0.3 is 5.97 Å². The van der Waals surface area contributed by atoms with Gasteiger partial charge in [-0.05, 0) is 53.0 Å². The zero-order chi connectivity index (χ0) is 20.6. The van der Waals surface area contributed by atoms with Crippen molar-refractivity contribution in [2.45, 2.75) is 4.90 Å². The maximum absolute atomic E-state index is 12.5. The Labute approximate surface area is 173 Å². The van der Waals surface area contributed by atoms with Crippen LogP contribution in [0, 0.1) is 0 Å². The normalized spacial score (nSPS) is 17.2. The minimum atomic E-state index is -4.28.